The van der Waals surface area contributed by atoms with Crippen LogP contribution in [0.3, 0.4) is 0 Å². The molecule has 0 aliphatic heterocycles. The van der Waals surface area contributed by atoms with Crippen LogP contribution in [-0.2, 0) is 0 Å². The van der Waals surface area contributed by atoms with Gasteiger partial charge in [-0.1, -0.05) is 0 Å². The van der Waals surface area contributed by atoms with Crippen molar-refractivity contribution in [1.29, 1.82) is 0 Å². The Balaban J connectivity index is 3.28. The summed E-state index contributed by atoms with van der Waals surface area (Å²) in [5.74, 6) is 0. The van der Waals surface area contributed by atoms with Gasteiger partial charge in [0.2, 0.25) is 0 Å². The summed E-state index contributed by atoms with van der Waals surface area (Å²) in [6.45, 7) is 0. The first-order valence-corrected chi connectivity index (χ1v) is 9.40. The van der Waals surface area contributed by atoms with Gasteiger partial charge in [0.05, 0.1) is 14.0 Å². The van der Waals surface area contributed by atoms with E-state index in [1.165, 1.54) is 0 Å². The molecule has 9 heavy (non-hydrogen) atoms. The highest BCUT2D eigenvalue weighted by Gasteiger charge is 2.25. The molecule has 0 amide bonds. The molecule has 54 valence electrons. The third-order valence-corrected chi connectivity index (χ3v) is 7.72. The minimum absolute atomic E-state index is 0.337. The first-order valence-electron chi connectivity index (χ1n) is 2.00. The molecule has 0 saturated carbocycles. The van der Waals surface area contributed by atoms with E-state index in [2.05, 4.69) is 0 Å². The van der Waals surface area contributed by atoms with Gasteiger partial charge in [0.15, 0.2) is 0 Å². The first kappa shape index (κ1) is 10.9. The zero-order chi connectivity index (χ0) is 7.49. The minimum Gasteiger partial charge on any atom is -0.126 e. The van der Waals surface area contributed by atoms with E-state index in [-0.39, 0.29) is 4.46 Å². The maximum atomic E-state index is 5.54. The quantitative estimate of drug-likeness (QED) is 0.416. The Hall–Kier alpha value is 1.88. The molecule has 0 aliphatic carbocycles. The summed E-state index contributed by atoms with van der Waals surface area (Å²) in [5.41, 5.74) is 0.551. The standard InChI is InChI=1S/C2H3Cl5Si2/c3-2(4)8-1-9(5,6)7/h2H,1H2. The van der Waals surface area contributed by atoms with E-state index in [0.29, 0.717) is 15.2 Å². The molecule has 0 aromatic carbocycles. The molecule has 0 heterocycles. The Kier molecular flexibility index (Phi) is 5.68. The second-order valence-electron chi connectivity index (χ2n) is 1.30. The van der Waals surface area contributed by atoms with Crippen LogP contribution in [0, 0.1) is 0 Å². The van der Waals surface area contributed by atoms with Crippen molar-refractivity contribution in [3.63, 3.8) is 0 Å². The van der Waals surface area contributed by atoms with Gasteiger partial charge in [-0.15, -0.1) is 56.4 Å². The van der Waals surface area contributed by atoms with Crippen molar-refractivity contribution in [3.8, 4) is 0 Å². The Morgan fingerprint density at radius 1 is 1.22 bits per heavy atom. The highest BCUT2D eigenvalue weighted by atomic mass is 35.8. The molecule has 7 heteroatoms. The number of rotatable bonds is 3. The fourth-order valence-electron chi connectivity index (χ4n) is 0.193. The molecule has 2 radical (unpaired) electrons. The molecule has 0 fully saturated rings. The predicted molar refractivity (Wildman–Crippen MR) is 49.4 cm³/mol. The number of alkyl halides is 2. The molecular formula is C2H3Cl5Si2. The van der Waals surface area contributed by atoms with Crippen LogP contribution in [0.5, 0.6) is 0 Å². The van der Waals surface area contributed by atoms with E-state index < -0.39 is 6.00 Å². The Morgan fingerprint density at radius 3 is 1.78 bits per heavy atom. The monoisotopic (exact) mass is 258 g/mol. The minimum atomic E-state index is -2.46. The topological polar surface area (TPSA) is 0 Å². The van der Waals surface area contributed by atoms with Crippen LogP contribution in [0.15, 0.2) is 0 Å². The second kappa shape index (κ2) is 4.70. The van der Waals surface area contributed by atoms with Gasteiger partial charge in [0, 0.05) is 0 Å². The largest absolute Gasteiger partial charge is 0.338 e. The Bertz CT molecular complexity index is 77.5. The normalized spacial score (nSPS) is 12.7. The van der Waals surface area contributed by atoms with Gasteiger partial charge in [-0.25, -0.2) is 0 Å². The van der Waals surface area contributed by atoms with Gasteiger partial charge >= 0.3 is 6.00 Å². The average Bonchev–Trinajstić information content (AvgIpc) is 1.59. The highest BCUT2D eigenvalue weighted by Crippen LogP contribution is 2.24. The number of hydrogen-bond donors (Lipinski definition) is 0. The summed E-state index contributed by atoms with van der Waals surface area (Å²) in [4.78, 5) is 0. The predicted octanol–water partition coefficient (Wildman–Crippen LogP) is 3.06. The summed E-state index contributed by atoms with van der Waals surface area (Å²) in [7, 11) is 0.337. The lowest BCUT2D eigenvalue weighted by molar-refractivity contribution is 1.80. The molecule has 0 bridgehead atoms. The maximum absolute atomic E-state index is 5.54. The van der Waals surface area contributed by atoms with Crippen LogP contribution in [0.2, 0.25) is 5.67 Å². The molecule has 0 aliphatic rings. The van der Waals surface area contributed by atoms with Crippen LogP contribution >= 0.6 is 56.4 Å². The lowest BCUT2D eigenvalue weighted by Crippen LogP contribution is -2.16. The van der Waals surface area contributed by atoms with Gasteiger partial charge in [0.1, 0.15) is 0 Å². The van der Waals surface area contributed by atoms with E-state index >= 15 is 0 Å². The van der Waals surface area contributed by atoms with Crippen LogP contribution in [-0.4, -0.2) is 20.0 Å². The van der Waals surface area contributed by atoms with Crippen LogP contribution in [0.1, 0.15) is 0 Å². The summed E-state index contributed by atoms with van der Waals surface area (Å²) in [6.07, 6.45) is 0. The van der Waals surface area contributed by atoms with Gasteiger partial charge in [-0.2, -0.15) is 0 Å². The molecule has 0 saturated heterocycles. The second-order valence-corrected chi connectivity index (χ2v) is 14.3. The summed E-state index contributed by atoms with van der Waals surface area (Å²) in [5, 5.41) is 0. The SMILES string of the molecule is ClC(Cl)[Si]C[Si](Cl)(Cl)Cl. The molecule has 0 nitrogen and oxygen atoms in total. The Labute approximate surface area is 81.7 Å². The molecule has 0 spiro atoms. The maximum Gasteiger partial charge on any atom is 0.338 e. The summed E-state index contributed by atoms with van der Waals surface area (Å²) < 4.78 is -0.381. The summed E-state index contributed by atoms with van der Waals surface area (Å²) in [6, 6.07) is -2.46. The molecule has 0 N–H and O–H groups in total. The van der Waals surface area contributed by atoms with Crippen molar-refractivity contribution >= 4 is 72.0 Å². The average molecular weight is 260 g/mol. The van der Waals surface area contributed by atoms with Crippen molar-refractivity contribution in [1.82, 2.24) is 0 Å². The van der Waals surface area contributed by atoms with E-state index in [1.54, 1.807) is 0 Å². The van der Waals surface area contributed by atoms with Crippen LogP contribution < -0.4 is 0 Å². The van der Waals surface area contributed by atoms with Gasteiger partial charge in [-0.05, 0) is 5.67 Å². The van der Waals surface area contributed by atoms with E-state index in [9.17, 15) is 0 Å². The fourth-order valence-corrected chi connectivity index (χ4v) is 5.21. The fraction of sp³-hybridized carbons (Fsp3) is 1.00. The zero-order valence-corrected chi connectivity index (χ0v) is 9.95. The zero-order valence-electron chi connectivity index (χ0n) is 4.17. The third kappa shape index (κ3) is 9.88. The van der Waals surface area contributed by atoms with Crippen LogP contribution in [0.4, 0.5) is 0 Å². The molecule has 0 atom stereocenters. The number of halogens is 5. The number of hydrogen-bond acceptors (Lipinski definition) is 0. The van der Waals surface area contributed by atoms with E-state index in [1.807, 2.05) is 0 Å². The van der Waals surface area contributed by atoms with Crippen molar-refractivity contribution in [3.05, 3.63) is 0 Å². The molecular weight excluding hydrogens is 257 g/mol. The molecule has 0 aromatic rings. The van der Waals surface area contributed by atoms with Crippen LogP contribution in [0.25, 0.3) is 0 Å². The lowest BCUT2D eigenvalue weighted by atomic mass is 11.8. The Morgan fingerprint density at radius 2 is 1.67 bits per heavy atom. The highest BCUT2D eigenvalue weighted by molar-refractivity contribution is 7.65. The van der Waals surface area contributed by atoms with Crippen molar-refractivity contribution < 1.29 is 0 Å². The van der Waals surface area contributed by atoms with E-state index in [4.69, 9.17) is 56.4 Å². The van der Waals surface area contributed by atoms with Crippen molar-refractivity contribution in [2.24, 2.45) is 0 Å². The van der Waals surface area contributed by atoms with E-state index in [0.717, 1.165) is 0 Å². The smallest absolute Gasteiger partial charge is 0.126 e. The summed E-state index contributed by atoms with van der Waals surface area (Å²) >= 11 is 27.4. The third-order valence-electron chi connectivity index (χ3n) is 0.457. The molecule has 0 unspecified atom stereocenters. The van der Waals surface area contributed by atoms with Gasteiger partial charge < -0.3 is 0 Å². The lowest BCUT2D eigenvalue weighted by Gasteiger charge is -2.05. The molecule has 0 aromatic heterocycles. The van der Waals surface area contributed by atoms with Crippen molar-refractivity contribution in [2.75, 3.05) is 0 Å². The molecule has 0 rings (SSSR count). The van der Waals surface area contributed by atoms with Gasteiger partial charge in [0.25, 0.3) is 0 Å². The van der Waals surface area contributed by atoms with Crippen molar-refractivity contribution in [2.45, 2.75) is 10.1 Å². The van der Waals surface area contributed by atoms with Gasteiger partial charge in [-0.3, -0.25) is 0 Å². The first-order chi connectivity index (χ1) is 3.92.